The number of hydrogen-bond acceptors (Lipinski definition) is 4. The van der Waals surface area contributed by atoms with Crippen LogP contribution in [0.3, 0.4) is 0 Å². The molecule has 7 heteroatoms. The Morgan fingerprint density at radius 2 is 1.29 bits per heavy atom. The van der Waals surface area contributed by atoms with Crippen molar-refractivity contribution in [2.75, 3.05) is 7.05 Å². The Bertz CT molecular complexity index is 598. The Morgan fingerprint density at radius 3 is 1.61 bits per heavy atom. The van der Waals surface area contributed by atoms with Crippen LogP contribution < -0.4 is 16.0 Å². The van der Waals surface area contributed by atoms with Gasteiger partial charge in [-0.2, -0.15) is 0 Å². The molecule has 0 saturated carbocycles. The average molecular weight is 398 g/mol. The van der Waals surface area contributed by atoms with E-state index in [4.69, 9.17) is 5.11 Å². The highest BCUT2D eigenvalue weighted by Crippen LogP contribution is 2.23. The smallest absolute Gasteiger partial charge is 0.331 e. The zero-order valence-electron chi connectivity index (χ0n) is 19.1. The van der Waals surface area contributed by atoms with Crippen molar-refractivity contribution in [2.45, 2.75) is 80.4 Å². The fourth-order valence-electron chi connectivity index (χ4n) is 2.85. The molecule has 0 aromatic rings. The Hall–Kier alpha value is -1.89. The van der Waals surface area contributed by atoms with Gasteiger partial charge in [-0.05, 0) is 30.7 Å². The summed E-state index contributed by atoms with van der Waals surface area (Å²) in [6.07, 6.45) is 1.54. The number of carbonyl (C=O) groups excluding carboxylic acids is 2. The summed E-state index contributed by atoms with van der Waals surface area (Å²) in [5, 5.41) is 17.9. The lowest BCUT2D eigenvalue weighted by atomic mass is 9.83. The van der Waals surface area contributed by atoms with Gasteiger partial charge in [0.1, 0.15) is 6.04 Å². The molecule has 7 nitrogen and oxygen atoms in total. The molecule has 3 atom stereocenters. The highest BCUT2D eigenvalue weighted by atomic mass is 16.4. The molecule has 4 N–H and O–H groups in total. The molecule has 0 aromatic carbocycles. The van der Waals surface area contributed by atoms with Gasteiger partial charge in [0.25, 0.3) is 0 Å². The van der Waals surface area contributed by atoms with E-state index in [-0.39, 0.29) is 28.7 Å². The van der Waals surface area contributed by atoms with E-state index in [9.17, 15) is 14.4 Å². The molecule has 0 unspecified atom stereocenters. The number of nitrogens with one attached hydrogen (secondary N) is 3. The SMILES string of the molecule is CN[C@H](C(=O)N[C@H](C(=O)N[C@H](/C=C(\C)C(=O)O)C(C)C)C(C)(C)C)C(C)(C)C. The fraction of sp³-hybridized carbons (Fsp3) is 0.762. The molecule has 162 valence electrons. The van der Waals surface area contributed by atoms with Crippen LogP contribution in [0.25, 0.3) is 0 Å². The molecule has 2 amide bonds. The molecule has 0 rings (SSSR count). The number of aliphatic carboxylic acids is 1. The maximum atomic E-state index is 13.0. The normalized spacial score (nSPS) is 16.3. The maximum Gasteiger partial charge on any atom is 0.331 e. The first-order valence-electron chi connectivity index (χ1n) is 9.72. The summed E-state index contributed by atoms with van der Waals surface area (Å²) < 4.78 is 0. The quantitative estimate of drug-likeness (QED) is 0.470. The number of rotatable bonds is 8. The van der Waals surface area contributed by atoms with Crippen LogP contribution in [0.4, 0.5) is 0 Å². The summed E-state index contributed by atoms with van der Waals surface area (Å²) in [5.74, 6) is -1.61. The molecule has 0 aliphatic carbocycles. The summed E-state index contributed by atoms with van der Waals surface area (Å²) in [4.78, 5) is 37.0. The topological polar surface area (TPSA) is 108 Å². The molecular weight excluding hydrogens is 358 g/mol. The second kappa shape index (κ2) is 10.0. The van der Waals surface area contributed by atoms with Crippen molar-refractivity contribution in [1.82, 2.24) is 16.0 Å². The third-order valence-electron chi connectivity index (χ3n) is 4.63. The number of likely N-dealkylation sites (N-methyl/N-ethyl adjacent to an activating group) is 1. The molecule has 0 fully saturated rings. The first-order chi connectivity index (χ1) is 12.5. The van der Waals surface area contributed by atoms with Gasteiger partial charge in [-0.3, -0.25) is 9.59 Å². The average Bonchev–Trinajstić information content (AvgIpc) is 2.49. The van der Waals surface area contributed by atoms with Crippen LogP contribution >= 0.6 is 0 Å². The number of carboxylic acid groups (broad SMARTS) is 1. The van der Waals surface area contributed by atoms with Crippen molar-refractivity contribution in [3.63, 3.8) is 0 Å². The van der Waals surface area contributed by atoms with E-state index < -0.39 is 29.5 Å². The monoisotopic (exact) mass is 397 g/mol. The van der Waals surface area contributed by atoms with Gasteiger partial charge >= 0.3 is 5.97 Å². The van der Waals surface area contributed by atoms with Gasteiger partial charge in [-0.1, -0.05) is 61.5 Å². The summed E-state index contributed by atoms with van der Waals surface area (Å²) in [5.41, 5.74) is -0.680. The van der Waals surface area contributed by atoms with Crippen LogP contribution in [0.1, 0.15) is 62.3 Å². The number of carbonyl (C=O) groups is 3. The molecular formula is C21H39N3O4. The molecule has 0 aromatic heterocycles. The molecule has 0 aliphatic rings. The van der Waals surface area contributed by atoms with E-state index in [1.165, 1.54) is 13.0 Å². The van der Waals surface area contributed by atoms with Crippen LogP contribution in [-0.4, -0.2) is 48.1 Å². The van der Waals surface area contributed by atoms with E-state index in [2.05, 4.69) is 16.0 Å². The lowest BCUT2D eigenvalue weighted by Gasteiger charge is -2.35. The van der Waals surface area contributed by atoms with Crippen molar-refractivity contribution in [3.8, 4) is 0 Å². The molecule has 0 radical (unpaired) electrons. The Morgan fingerprint density at radius 1 is 0.857 bits per heavy atom. The van der Waals surface area contributed by atoms with E-state index in [1.807, 2.05) is 55.4 Å². The van der Waals surface area contributed by atoms with E-state index in [0.29, 0.717) is 0 Å². The van der Waals surface area contributed by atoms with Gasteiger partial charge < -0.3 is 21.1 Å². The Kier molecular flexibility index (Phi) is 9.37. The highest BCUT2D eigenvalue weighted by molar-refractivity contribution is 5.91. The Labute approximate surface area is 169 Å². The predicted molar refractivity (Wildman–Crippen MR) is 112 cm³/mol. The molecule has 0 spiro atoms. The fourth-order valence-corrected chi connectivity index (χ4v) is 2.85. The summed E-state index contributed by atoms with van der Waals surface area (Å²) in [6.45, 7) is 16.8. The number of carboxylic acids is 1. The molecule has 0 aliphatic heterocycles. The van der Waals surface area contributed by atoms with Crippen molar-refractivity contribution in [1.29, 1.82) is 0 Å². The second-order valence-electron chi connectivity index (χ2n) is 9.83. The third kappa shape index (κ3) is 8.00. The predicted octanol–water partition coefficient (Wildman–Crippen LogP) is 2.32. The molecule has 0 bridgehead atoms. The van der Waals surface area contributed by atoms with Crippen molar-refractivity contribution >= 4 is 17.8 Å². The van der Waals surface area contributed by atoms with Crippen LogP contribution in [0.15, 0.2) is 11.6 Å². The van der Waals surface area contributed by atoms with Crippen molar-refractivity contribution in [3.05, 3.63) is 11.6 Å². The number of hydrogen-bond donors (Lipinski definition) is 4. The van der Waals surface area contributed by atoms with Crippen LogP contribution in [-0.2, 0) is 14.4 Å². The van der Waals surface area contributed by atoms with Crippen LogP contribution in [0.2, 0.25) is 0 Å². The minimum atomic E-state index is -1.03. The molecule has 28 heavy (non-hydrogen) atoms. The minimum Gasteiger partial charge on any atom is -0.478 e. The summed E-state index contributed by atoms with van der Waals surface area (Å²) in [6, 6.07) is -1.67. The van der Waals surface area contributed by atoms with Crippen molar-refractivity contribution in [2.24, 2.45) is 16.7 Å². The van der Waals surface area contributed by atoms with E-state index in [0.717, 1.165) is 0 Å². The van der Waals surface area contributed by atoms with Gasteiger partial charge in [-0.25, -0.2) is 4.79 Å². The molecule has 0 heterocycles. The maximum absolute atomic E-state index is 13.0. The van der Waals surface area contributed by atoms with Gasteiger partial charge in [0, 0.05) is 5.57 Å². The van der Waals surface area contributed by atoms with Gasteiger partial charge in [-0.15, -0.1) is 0 Å². The first kappa shape index (κ1) is 26.1. The first-order valence-corrected chi connectivity index (χ1v) is 9.72. The summed E-state index contributed by atoms with van der Waals surface area (Å²) >= 11 is 0. The van der Waals surface area contributed by atoms with Crippen molar-refractivity contribution < 1.29 is 19.5 Å². The van der Waals surface area contributed by atoms with E-state index in [1.54, 1.807) is 7.05 Å². The van der Waals surface area contributed by atoms with Crippen LogP contribution in [0, 0.1) is 16.7 Å². The lowest BCUT2D eigenvalue weighted by molar-refractivity contribution is -0.134. The Balaban J connectivity index is 5.62. The zero-order chi connectivity index (χ0) is 22.4. The second-order valence-corrected chi connectivity index (χ2v) is 9.83. The molecule has 0 saturated heterocycles. The van der Waals surface area contributed by atoms with Gasteiger partial charge in [0.2, 0.25) is 11.8 Å². The van der Waals surface area contributed by atoms with E-state index >= 15 is 0 Å². The number of amides is 2. The minimum absolute atomic E-state index is 0.00537. The standard InChI is InChI=1S/C21H39N3O4/c1-12(2)14(11-13(3)19(27)28)23-18(26)16(21(7,8)9)24-17(25)15(22-10)20(4,5)6/h11-12,14-16,22H,1-10H3,(H,23,26)(H,24,25)(H,27,28)/b13-11+/t14-,15-,16-/m1/s1. The lowest BCUT2D eigenvalue weighted by Crippen LogP contribution is -2.60. The van der Waals surface area contributed by atoms with Gasteiger partial charge in [0.05, 0.1) is 12.1 Å². The van der Waals surface area contributed by atoms with Crippen LogP contribution in [0.5, 0.6) is 0 Å². The zero-order valence-corrected chi connectivity index (χ0v) is 19.1. The van der Waals surface area contributed by atoms with Gasteiger partial charge in [0.15, 0.2) is 0 Å². The summed E-state index contributed by atoms with van der Waals surface area (Å²) in [7, 11) is 1.72. The largest absolute Gasteiger partial charge is 0.478 e. The highest BCUT2D eigenvalue weighted by Gasteiger charge is 2.37. The third-order valence-corrected chi connectivity index (χ3v) is 4.63.